The van der Waals surface area contributed by atoms with Crippen LogP contribution in [0.4, 0.5) is 0 Å². The fourth-order valence-electron chi connectivity index (χ4n) is 2.67. The zero-order chi connectivity index (χ0) is 13.1. The predicted molar refractivity (Wildman–Crippen MR) is 70.3 cm³/mol. The average molecular weight is 247 g/mol. The van der Waals surface area contributed by atoms with Gasteiger partial charge in [-0.05, 0) is 31.3 Å². The quantitative estimate of drug-likeness (QED) is 0.790. The van der Waals surface area contributed by atoms with Crippen molar-refractivity contribution < 1.29 is 14.9 Å². The zero-order valence-corrected chi connectivity index (χ0v) is 10.5. The Labute approximate surface area is 107 Å². The molecule has 2 rings (SSSR count). The minimum Gasteiger partial charge on any atom is -0.481 e. The predicted octanol–water partition coefficient (Wildman–Crippen LogP) is 1.29. The molecular weight excluding hydrogens is 229 g/mol. The summed E-state index contributed by atoms with van der Waals surface area (Å²) >= 11 is 0. The molecule has 0 amide bonds. The third-order valence-corrected chi connectivity index (χ3v) is 3.72. The molecule has 1 fully saturated rings. The summed E-state index contributed by atoms with van der Waals surface area (Å²) in [6, 6.07) is 9.78. The van der Waals surface area contributed by atoms with E-state index in [0.717, 1.165) is 18.5 Å². The van der Waals surface area contributed by atoms with Crippen LogP contribution in [0.5, 0.6) is 0 Å². The van der Waals surface area contributed by atoms with Gasteiger partial charge in [0.2, 0.25) is 0 Å². The minimum atomic E-state index is -0.783. The minimum absolute atomic E-state index is 0.0405. The van der Waals surface area contributed by atoms with Crippen molar-refractivity contribution in [1.82, 2.24) is 4.81 Å². The van der Waals surface area contributed by atoms with Crippen LogP contribution in [0.2, 0.25) is 6.82 Å². The molecule has 1 unspecified atom stereocenters. The summed E-state index contributed by atoms with van der Waals surface area (Å²) in [5.74, 6) is -1.19. The number of benzene rings is 1. The zero-order valence-electron chi connectivity index (χ0n) is 10.5. The molecule has 2 N–H and O–H groups in total. The molecule has 1 aromatic rings. The van der Waals surface area contributed by atoms with Gasteiger partial charge >= 0.3 is 13.0 Å². The van der Waals surface area contributed by atoms with Crippen LogP contribution in [0.1, 0.15) is 17.9 Å². The van der Waals surface area contributed by atoms with E-state index in [9.17, 15) is 14.9 Å². The number of hydrogen-bond donors (Lipinski definition) is 2. The van der Waals surface area contributed by atoms with Crippen LogP contribution in [0.15, 0.2) is 30.3 Å². The van der Waals surface area contributed by atoms with Crippen molar-refractivity contribution in [1.29, 1.82) is 0 Å². The van der Waals surface area contributed by atoms with Crippen molar-refractivity contribution in [2.45, 2.75) is 19.2 Å². The summed E-state index contributed by atoms with van der Waals surface area (Å²) in [5.41, 5.74) is 1.08. The maximum atomic E-state index is 11.4. The fraction of sp³-hybridized carbons (Fsp3) is 0.462. The highest BCUT2D eigenvalue weighted by Gasteiger charge is 2.36. The normalized spacial score (nSPS) is 24.8. The van der Waals surface area contributed by atoms with E-state index in [-0.39, 0.29) is 5.92 Å². The van der Waals surface area contributed by atoms with E-state index in [1.54, 1.807) is 6.82 Å². The van der Waals surface area contributed by atoms with Crippen molar-refractivity contribution in [2.75, 3.05) is 13.1 Å². The van der Waals surface area contributed by atoms with E-state index < -0.39 is 18.9 Å². The first-order valence-electron chi connectivity index (χ1n) is 6.29. The second-order valence-electron chi connectivity index (χ2n) is 4.88. The number of hydrogen-bond acceptors (Lipinski definition) is 3. The van der Waals surface area contributed by atoms with Crippen LogP contribution in [-0.4, -0.2) is 41.1 Å². The van der Waals surface area contributed by atoms with Gasteiger partial charge in [0.25, 0.3) is 0 Å². The molecular formula is C13H18BNO3. The van der Waals surface area contributed by atoms with E-state index in [1.807, 2.05) is 35.1 Å². The summed E-state index contributed by atoms with van der Waals surface area (Å²) in [4.78, 5) is 13.2. The van der Waals surface area contributed by atoms with Gasteiger partial charge in [-0.3, -0.25) is 4.79 Å². The van der Waals surface area contributed by atoms with Gasteiger partial charge in [-0.2, -0.15) is 0 Å². The van der Waals surface area contributed by atoms with Gasteiger partial charge < -0.3 is 14.9 Å². The molecule has 0 bridgehead atoms. The molecule has 0 saturated carbocycles. The molecule has 0 spiro atoms. The van der Waals surface area contributed by atoms with Gasteiger partial charge in [0.05, 0.1) is 5.92 Å². The van der Waals surface area contributed by atoms with E-state index >= 15 is 0 Å². The van der Waals surface area contributed by atoms with E-state index in [1.165, 1.54) is 0 Å². The second kappa shape index (κ2) is 5.54. The fourth-order valence-corrected chi connectivity index (χ4v) is 2.67. The molecule has 2 atom stereocenters. The van der Waals surface area contributed by atoms with E-state index in [4.69, 9.17) is 0 Å². The van der Waals surface area contributed by atoms with Crippen LogP contribution in [0.25, 0.3) is 0 Å². The lowest BCUT2D eigenvalue weighted by atomic mass is 9.74. The number of aliphatic carboxylic acids is 1. The first kappa shape index (κ1) is 13.1. The SMILES string of the molecule is CB(O)N1CCC(c2ccccc2)[C@H](C(=O)O)C1. The molecule has 1 saturated heterocycles. The maximum absolute atomic E-state index is 11.4. The molecule has 0 radical (unpaired) electrons. The first-order chi connectivity index (χ1) is 8.59. The number of piperidine rings is 1. The third-order valence-electron chi connectivity index (χ3n) is 3.72. The van der Waals surface area contributed by atoms with Crippen LogP contribution in [0.3, 0.4) is 0 Å². The molecule has 1 aliphatic rings. The molecule has 96 valence electrons. The Morgan fingerprint density at radius 1 is 1.39 bits per heavy atom. The Kier molecular flexibility index (Phi) is 4.04. The van der Waals surface area contributed by atoms with Gasteiger partial charge in [-0.15, -0.1) is 0 Å². The lowest BCUT2D eigenvalue weighted by Crippen LogP contribution is -2.48. The third kappa shape index (κ3) is 2.74. The van der Waals surface area contributed by atoms with Crippen LogP contribution in [0, 0.1) is 5.92 Å². The maximum Gasteiger partial charge on any atom is 0.376 e. The number of carboxylic acid groups (broad SMARTS) is 1. The Morgan fingerprint density at radius 3 is 2.61 bits per heavy atom. The van der Waals surface area contributed by atoms with Crippen molar-refractivity contribution in [2.24, 2.45) is 5.92 Å². The monoisotopic (exact) mass is 247 g/mol. The van der Waals surface area contributed by atoms with E-state index in [2.05, 4.69) is 0 Å². The summed E-state index contributed by atoms with van der Waals surface area (Å²) < 4.78 is 0. The highest BCUT2D eigenvalue weighted by atomic mass is 16.4. The molecule has 1 aromatic carbocycles. The highest BCUT2D eigenvalue weighted by Crippen LogP contribution is 2.33. The highest BCUT2D eigenvalue weighted by molar-refractivity contribution is 6.45. The Hall–Kier alpha value is -1.33. The molecule has 0 aromatic heterocycles. The molecule has 1 aliphatic heterocycles. The Bertz CT molecular complexity index is 410. The first-order valence-corrected chi connectivity index (χ1v) is 6.29. The van der Waals surface area contributed by atoms with Gasteiger partial charge in [-0.1, -0.05) is 30.3 Å². The summed E-state index contributed by atoms with van der Waals surface area (Å²) in [5, 5.41) is 18.9. The molecule has 0 aliphatic carbocycles. The van der Waals surface area contributed by atoms with Gasteiger partial charge in [0.15, 0.2) is 0 Å². The van der Waals surface area contributed by atoms with Crippen LogP contribution >= 0.6 is 0 Å². The van der Waals surface area contributed by atoms with Crippen molar-refractivity contribution >= 4 is 13.0 Å². The van der Waals surface area contributed by atoms with E-state index in [0.29, 0.717) is 6.54 Å². The summed E-state index contributed by atoms with van der Waals surface area (Å²) in [6.45, 7) is 2.83. The number of nitrogens with zero attached hydrogens (tertiary/aromatic N) is 1. The summed E-state index contributed by atoms with van der Waals surface area (Å²) in [6.07, 6.45) is 0.770. The second-order valence-corrected chi connectivity index (χ2v) is 4.88. The van der Waals surface area contributed by atoms with Gasteiger partial charge in [0.1, 0.15) is 0 Å². The Balaban J connectivity index is 2.19. The molecule has 1 heterocycles. The Morgan fingerprint density at radius 2 is 2.06 bits per heavy atom. The molecule has 4 nitrogen and oxygen atoms in total. The lowest BCUT2D eigenvalue weighted by molar-refractivity contribution is -0.143. The number of carboxylic acids is 1. The van der Waals surface area contributed by atoms with Gasteiger partial charge in [0, 0.05) is 6.54 Å². The lowest BCUT2D eigenvalue weighted by Gasteiger charge is -2.37. The number of rotatable bonds is 3. The van der Waals surface area contributed by atoms with Crippen molar-refractivity contribution in [3.05, 3.63) is 35.9 Å². The smallest absolute Gasteiger partial charge is 0.376 e. The molecule has 18 heavy (non-hydrogen) atoms. The molecule has 5 heteroatoms. The largest absolute Gasteiger partial charge is 0.481 e. The van der Waals surface area contributed by atoms with Crippen LogP contribution in [-0.2, 0) is 4.79 Å². The number of carbonyl (C=O) groups is 1. The topological polar surface area (TPSA) is 60.8 Å². The summed E-state index contributed by atoms with van der Waals surface area (Å²) in [7, 11) is -0.580. The van der Waals surface area contributed by atoms with Crippen molar-refractivity contribution in [3.8, 4) is 0 Å². The van der Waals surface area contributed by atoms with Crippen molar-refractivity contribution in [3.63, 3.8) is 0 Å². The van der Waals surface area contributed by atoms with Gasteiger partial charge in [-0.25, -0.2) is 0 Å². The average Bonchev–Trinajstić information content (AvgIpc) is 2.39. The van der Waals surface area contributed by atoms with Crippen LogP contribution < -0.4 is 0 Å². The standard InChI is InChI=1S/C13H18BNO3/c1-14(18)15-8-7-11(12(9-15)13(16)17)10-5-3-2-4-6-10/h2-6,11-12,18H,7-9H2,1H3,(H,16,17)/t11?,12-/m1/s1.